The van der Waals surface area contributed by atoms with Crippen LogP contribution in [-0.4, -0.2) is 25.4 Å². The Labute approximate surface area is 87.0 Å². The number of ketones is 1. The molecule has 15 heavy (non-hydrogen) atoms. The summed E-state index contributed by atoms with van der Waals surface area (Å²) in [5.41, 5.74) is 0.601. The highest BCUT2D eigenvalue weighted by Gasteiger charge is 2.31. The standard InChI is InChI=1S/C9H5N3O2S/c13-8-5-3-1-2-4-6(5)15(14)9-7(8)10-12-11-9/h1-4H,(H,10,11,12). The van der Waals surface area contributed by atoms with Gasteiger partial charge in [-0.2, -0.15) is 10.3 Å². The van der Waals surface area contributed by atoms with Crippen LogP contribution in [0.1, 0.15) is 16.1 Å². The van der Waals surface area contributed by atoms with Crippen LogP contribution in [0.25, 0.3) is 0 Å². The number of carbonyl (C=O) groups is 1. The fourth-order valence-electron chi connectivity index (χ4n) is 1.55. The molecular weight excluding hydrogens is 214 g/mol. The van der Waals surface area contributed by atoms with Gasteiger partial charge in [-0.25, -0.2) is 4.21 Å². The smallest absolute Gasteiger partial charge is 0.217 e. The third kappa shape index (κ3) is 1.02. The van der Waals surface area contributed by atoms with Crippen molar-refractivity contribution in [2.45, 2.75) is 9.92 Å². The van der Waals surface area contributed by atoms with Crippen LogP contribution in [0.5, 0.6) is 0 Å². The van der Waals surface area contributed by atoms with E-state index in [0.29, 0.717) is 10.5 Å². The van der Waals surface area contributed by atoms with E-state index >= 15 is 0 Å². The molecule has 0 spiro atoms. The first kappa shape index (κ1) is 8.49. The molecule has 1 atom stereocenters. The Hall–Kier alpha value is -1.82. The second-order valence-electron chi connectivity index (χ2n) is 3.07. The van der Waals surface area contributed by atoms with E-state index in [-0.39, 0.29) is 16.5 Å². The second kappa shape index (κ2) is 2.83. The van der Waals surface area contributed by atoms with Gasteiger partial charge in [0.1, 0.15) is 10.8 Å². The molecule has 1 aromatic heterocycles. The SMILES string of the molecule is O=C1c2ccccc2S(=O)c2n[nH]nc21. The lowest BCUT2D eigenvalue weighted by molar-refractivity contribution is 0.102. The molecule has 0 aliphatic carbocycles. The lowest BCUT2D eigenvalue weighted by Gasteiger charge is -2.11. The van der Waals surface area contributed by atoms with E-state index in [1.54, 1.807) is 24.3 Å². The quantitative estimate of drug-likeness (QED) is 0.598. The number of rotatable bonds is 0. The van der Waals surface area contributed by atoms with Gasteiger partial charge in [-0.1, -0.05) is 12.1 Å². The molecule has 3 rings (SSSR count). The topological polar surface area (TPSA) is 75.7 Å². The number of benzene rings is 1. The first-order chi connectivity index (χ1) is 7.29. The minimum absolute atomic E-state index is 0.159. The summed E-state index contributed by atoms with van der Waals surface area (Å²) in [6.45, 7) is 0. The van der Waals surface area contributed by atoms with E-state index in [1.807, 2.05) is 0 Å². The summed E-state index contributed by atoms with van der Waals surface area (Å²) in [6.07, 6.45) is 0. The zero-order valence-electron chi connectivity index (χ0n) is 7.43. The molecule has 2 aromatic rings. The van der Waals surface area contributed by atoms with E-state index in [1.165, 1.54) is 0 Å². The van der Waals surface area contributed by atoms with Crippen molar-refractivity contribution in [1.82, 2.24) is 15.4 Å². The zero-order valence-corrected chi connectivity index (χ0v) is 8.25. The summed E-state index contributed by atoms with van der Waals surface area (Å²) in [4.78, 5) is 12.4. The molecule has 5 nitrogen and oxygen atoms in total. The van der Waals surface area contributed by atoms with Crippen molar-refractivity contribution in [1.29, 1.82) is 0 Å². The molecule has 0 saturated carbocycles. The Morgan fingerprint density at radius 3 is 2.87 bits per heavy atom. The molecule has 1 aliphatic rings. The number of nitrogens with one attached hydrogen (secondary N) is 1. The highest BCUT2D eigenvalue weighted by atomic mass is 32.2. The monoisotopic (exact) mass is 219 g/mol. The highest BCUT2D eigenvalue weighted by Crippen LogP contribution is 2.28. The fourth-order valence-corrected chi connectivity index (χ4v) is 2.75. The summed E-state index contributed by atoms with van der Waals surface area (Å²) < 4.78 is 12.0. The van der Waals surface area contributed by atoms with Gasteiger partial charge in [0.05, 0.1) is 4.90 Å². The van der Waals surface area contributed by atoms with Crippen LogP contribution in [0.3, 0.4) is 0 Å². The van der Waals surface area contributed by atoms with Crippen molar-refractivity contribution in [3.05, 3.63) is 35.5 Å². The Morgan fingerprint density at radius 2 is 2.00 bits per heavy atom. The van der Waals surface area contributed by atoms with Gasteiger partial charge >= 0.3 is 0 Å². The molecule has 0 saturated heterocycles. The first-order valence-electron chi connectivity index (χ1n) is 4.25. The number of fused-ring (bicyclic) bond motifs is 2. The molecule has 74 valence electrons. The van der Waals surface area contributed by atoms with Crippen LogP contribution in [-0.2, 0) is 10.8 Å². The van der Waals surface area contributed by atoms with E-state index in [9.17, 15) is 9.00 Å². The maximum absolute atomic E-state index is 12.0. The third-order valence-corrected chi connectivity index (χ3v) is 3.63. The molecule has 1 N–H and O–H groups in total. The molecule has 0 fully saturated rings. The largest absolute Gasteiger partial charge is 0.287 e. The van der Waals surface area contributed by atoms with Gasteiger partial charge in [-0.05, 0) is 12.1 Å². The van der Waals surface area contributed by atoms with Crippen LogP contribution in [0.2, 0.25) is 0 Å². The van der Waals surface area contributed by atoms with E-state index in [4.69, 9.17) is 0 Å². The summed E-state index contributed by atoms with van der Waals surface area (Å²) >= 11 is 0. The van der Waals surface area contributed by atoms with Crippen molar-refractivity contribution < 1.29 is 9.00 Å². The minimum atomic E-state index is -1.41. The van der Waals surface area contributed by atoms with Gasteiger partial charge in [0.15, 0.2) is 10.7 Å². The maximum Gasteiger partial charge on any atom is 0.217 e. The predicted octanol–water partition coefficient (Wildman–Crippen LogP) is 0.516. The van der Waals surface area contributed by atoms with Gasteiger partial charge < -0.3 is 0 Å². The molecule has 1 aromatic carbocycles. The number of aromatic nitrogens is 3. The van der Waals surface area contributed by atoms with Crippen molar-refractivity contribution in [2.24, 2.45) is 0 Å². The van der Waals surface area contributed by atoms with Crippen molar-refractivity contribution in [2.75, 3.05) is 0 Å². The normalized spacial score (nSPS) is 18.4. The molecular formula is C9H5N3O2S. The average Bonchev–Trinajstić information content (AvgIpc) is 2.75. The number of hydrogen-bond donors (Lipinski definition) is 1. The number of carbonyl (C=O) groups excluding carboxylic acids is 1. The second-order valence-corrected chi connectivity index (χ2v) is 4.44. The van der Waals surface area contributed by atoms with Crippen molar-refractivity contribution in [3.63, 3.8) is 0 Å². The maximum atomic E-state index is 12.0. The fraction of sp³-hybridized carbons (Fsp3) is 0. The summed E-state index contributed by atoms with van der Waals surface area (Å²) in [6, 6.07) is 6.79. The number of H-pyrrole nitrogens is 1. The Kier molecular flexibility index (Phi) is 1.60. The highest BCUT2D eigenvalue weighted by molar-refractivity contribution is 7.85. The Balaban J connectivity index is 2.36. The number of hydrogen-bond acceptors (Lipinski definition) is 4. The van der Waals surface area contributed by atoms with Gasteiger partial charge in [0.25, 0.3) is 0 Å². The van der Waals surface area contributed by atoms with Gasteiger partial charge in [0.2, 0.25) is 5.78 Å². The predicted molar refractivity (Wildman–Crippen MR) is 50.9 cm³/mol. The first-order valence-corrected chi connectivity index (χ1v) is 5.40. The third-order valence-electron chi connectivity index (χ3n) is 2.24. The van der Waals surface area contributed by atoms with Crippen LogP contribution >= 0.6 is 0 Å². The number of nitrogens with zero attached hydrogens (tertiary/aromatic N) is 2. The van der Waals surface area contributed by atoms with Crippen LogP contribution in [0, 0.1) is 0 Å². The molecule has 1 unspecified atom stereocenters. The molecule has 0 radical (unpaired) electrons. The van der Waals surface area contributed by atoms with Crippen molar-refractivity contribution >= 4 is 16.6 Å². The van der Waals surface area contributed by atoms with Gasteiger partial charge in [-0.15, -0.1) is 5.10 Å². The van der Waals surface area contributed by atoms with E-state index in [2.05, 4.69) is 15.4 Å². The lowest BCUT2D eigenvalue weighted by atomic mass is 10.1. The molecule has 1 aliphatic heterocycles. The van der Waals surface area contributed by atoms with Crippen LogP contribution in [0.15, 0.2) is 34.2 Å². The van der Waals surface area contributed by atoms with Gasteiger partial charge in [0, 0.05) is 5.56 Å². The molecule has 2 heterocycles. The molecule has 6 heteroatoms. The van der Waals surface area contributed by atoms with Crippen molar-refractivity contribution in [3.8, 4) is 0 Å². The summed E-state index contributed by atoms with van der Waals surface area (Å²) in [7, 11) is -1.41. The Bertz CT molecular complexity index is 541. The Morgan fingerprint density at radius 1 is 1.20 bits per heavy atom. The zero-order chi connectivity index (χ0) is 10.4. The molecule has 0 bridgehead atoms. The number of aromatic amines is 1. The summed E-state index contributed by atoms with van der Waals surface area (Å²) in [5, 5.41) is 9.98. The summed E-state index contributed by atoms with van der Waals surface area (Å²) in [5.74, 6) is -0.228. The van der Waals surface area contributed by atoms with E-state index < -0.39 is 10.8 Å². The van der Waals surface area contributed by atoms with E-state index in [0.717, 1.165) is 0 Å². The minimum Gasteiger partial charge on any atom is -0.287 e. The average molecular weight is 219 g/mol. The van der Waals surface area contributed by atoms with Crippen LogP contribution in [0.4, 0.5) is 0 Å². The molecule has 0 amide bonds. The lowest BCUT2D eigenvalue weighted by Crippen LogP contribution is -2.15. The van der Waals surface area contributed by atoms with Gasteiger partial charge in [-0.3, -0.25) is 4.79 Å². The van der Waals surface area contributed by atoms with Crippen LogP contribution < -0.4 is 0 Å².